The van der Waals surface area contributed by atoms with Crippen LogP contribution in [0.1, 0.15) is 5.56 Å². The van der Waals surface area contributed by atoms with Gasteiger partial charge in [-0.15, -0.1) is 0 Å². The van der Waals surface area contributed by atoms with Crippen molar-refractivity contribution >= 4 is 0 Å². The molecule has 90 valence electrons. The Morgan fingerprint density at radius 3 is 2.71 bits per heavy atom. The van der Waals surface area contributed by atoms with Crippen molar-refractivity contribution in [1.29, 1.82) is 0 Å². The van der Waals surface area contributed by atoms with Crippen molar-refractivity contribution in [2.75, 3.05) is 0 Å². The van der Waals surface area contributed by atoms with Crippen LogP contribution in [-0.2, 0) is 13.0 Å². The highest BCUT2D eigenvalue weighted by atomic mass is 16.3. The Bertz CT molecular complexity index is 429. The van der Waals surface area contributed by atoms with Gasteiger partial charge in [-0.25, -0.2) is 4.98 Å². The van der Waals surface area contributed by atoms with Crippen LogP contribution in [0.2, 0.25) is 0 Å². The molecule has 1 aromatic carbocycles. The molecule has 0 aliphatic heterocycles. The standard InChI is InChI=1S/C12H16N4O/c13-11(6-10-4-2-1-3-5-10)12(17)7-16-9-14-8-15-16/h1-5,8-9,11-12,17H,6-7,13H2/t11-,12-/m1/s1. The van der Waals surface area contributed by atoms with Gasteiger partial charge in [-0.2, -0.15) is 5.10 Å². The highest BCUT2D eigenvalue weighted by Crippen LogP contribution is 2.05. The second kappa shape index (κ2) is 5.56. The van der Waals surface area contributed by atoms with E-state index in [0.717, 1.165) is 5.56 Å². The maximum Gasteiger partial charge on any atom is 0.137 e. The van der Waals surface area contributed by atoms with Crippen molar-refractivity contribution in [1.82, 2.24) is 14.8 Å². The van der Waals surface area contributed by atoms with Crippen LogP contribution in [0.3, 0.4) is 0 Å². The molecule has 0 aliphatic rings. The fourth-order valence-corrected chi connectivity index (χ4v) is 1.68. The largest absolute Gasteiger partial charge is 0.390 e. The Morgan fingerprint density at radius 2 is 2.06 bits per heavy atom. The number of aliphatic hydroxyl groups is 1. The van der Waals surface area contributed by atoms with Crippen molar-refractivity contribution in [2.24, 2.45) is 5.73 Å². The van der Waals surface area contributed by atoms with Crippen molar-refractivity contribution in [2.45, 2.75) is 25.1 Å². The smallest absolute Gasteiger partial charge is 0.137 e. The molecular formula is C12H16N4O. The van der Waals surface area contributed by atoms with Crippen LogP contribution in [0.25, 0.3) is 0 Å². The average molecular weight is 232 g/mol. The van der Waals surface area contributed by atoms with Crippen LogP contribution in [0.4, 0.5) is 0 Å². The summed E-state index contributed by atoms with van der Waals surface area (Å²) in [6.45, 7) is 0.369. The molecule has 1 heterocycles. The third-order valence-corrected chi connectivity index (χ3v) is 2.65. The zero-order valence-electron chi connectivity index (χ0n) is 9.48. The Morgan fingerprint density at radius 1 is 1.29 bits per heavy atom. The highest BCUT2D eigenvalue weighted by molar-refractivity contribution is 5.16. The van der Waals surface area contributed by atoms with Crippen molar-refractivity contribution in [3.8, 4) is 0 Å². The summed E-state index contributed by atoms with van der Waals surface area (Å²) in [6, 6.07) is 9.59. The second-order valence-corrected chi connectivity index (χ2v) is 4.04. The zero-order chi connectivity index (χ0) is 12.1. The predicted molar refractivity (Wildman–Crippen MR) is 64.2 cm³/mol. The fourth-order valence-electron chi connectivity index (χ4n) is 1.68. The number of hydrogen-bond donors (Lipinski definition) is 2. The van der Waals surface area contributed by atoms with E-state index >= 15 is 0 Å². The molecule has 2 rings (SSSR count). The summed E-state index contributed by atoms with van der Waals surface area (Å²) in [7, 11) is 0. The minimum absolute atomic E-state index is 0.304. The Hall–Kier alpha value is -1.72. The molecule has 0 aliphatic carbocycles. The number of aliphatic hydroxyl groups excluding tert-OH is 1. The van der Waals surface area contributed by atoms with E-state index in [-0.39, 0.29) is 6.04 Å². The molecule has 17 heavy (non-hydrogen) atoms. The Kier molecular flexibility index (Phi) is 3.85. The van der Waals surface area contributed by atoms with E-state index in [2.05, 4.69) is 10.1 Å². The first kappa shape index (κ1) is 11.8. The molecule has 0 radical (unpaired) electrons. The van der Waals surface area contributed by atoms with Crippen LogP contribution in [-0.4, -0.2) is 32.0 Å². The first-order valence-corrected chi connectivity index (χ1v) is 5.55. The molecule has 0 spiro atoms. The highest BCUT2D eigenvalue weighted by Gasteiger charge is 2.15. The van der Waals surface area contributed by atoms with Crippen LogP contribution < -0.4 is 5.73 Å². The summed E-state index contributed by atoms with van der Waals surface area (Å²) < 4.78 is 1.58. The molecule has 0 saturated heterocycles. The van der Waals surface area contributed by atoms with Crippen LogP contribution in [0.15, 0.2) is 43.0 Å². The van der Waals surface area contributed by atoms with Crippen molar-refractivity contribution in [3.05, 3.63) is 48.5 Å². The van der Waals surface area contributed by atoms with Crippen LogP contribution in [0.5, 0.6) is 0 Å². The number of aromatic nitrogens is 3. The first-order chi connectivity index (χ1) is 8.25. The van der Waals surface area contributed by atoms with E-state index in [0.29, 0.717) is 13.0 Å². The van der Waals surface area contributed by atoms with Gasteiger partial charge in [-0.3, -0.25) is 4.68 Å². The van der Waals surface area contributed by atoms with Gasteiger partial charge in [0.2, 0.25) is 0 Å². The molecule has 2 atom stereocenters. The summed E-state index contributed by atoms with van der Waals surface area (Å²) in [5, 5.41) is 13.9. The van der Waals surface area contributed by atoms with Gasteiger partial charge in [-0.1, -0.05) is 30.3 Å². The molecule has 0 fully saturated rings. The van der Waals surface area contributed by atoms with E-state index in [1.165, 1.54) is 6.33 Å². The summed E-state index contributed by atoms with van der Waals surface area (Å²) >= 11 is 0. The fraction of sp³-hybridized carbons (Fsp3) is 0.333. The number of benzene rings is 1. The van der Waals surface area contributed by atoms with Crippen molar-refractivity contribution in [3.63, 3.8) is 0 Å². The van der Waals surface area contributed by atoms with E-state index in [1.807, 2.05) is 30.3 Å². The lowest BCUT2D eigenvalue weighted by Gasteiger charge is -2.18. The van der Waals surface area contributed by atoms with Gasteiger partial charge in [0.1, 0.15) is 12.7 Å². The molecular weight excluding hydrogens is 216 g/mol. The van der Waals surface area contributed by atoms with E-state index < -0.39 is 6.10 Å². The van der Waals surface area contributed by atoms with E-state index in [1.54, 1.807) is 11.0 Å². The molecule has 0 amide bonds. The number of nitrogens with zero attached hydrogens (tertiary/aromatic N) is 3. The average Bonchev–Trinajstić information content (AvgIpc) is 2.83. The van der Waals surface area contributed by atoms with Gasteiger partial charge in [0.25, 0.3) is 0 Å². The lowest BCUT2D eigenvalue weighted by atomic mass is 10.0. The second-order valence-electron chi connectivity index (χ2n) is 4.04. The molecule has 5 nitrogen and oxygen atoms in total. The molecule has 0 bridgehead atoms. The SMILES string of the molecule is N[C@H](Cc1ccccc1)[C@H](O)Cn1cncn1. The van der Waals surface area contributed by atoms with Gasteiger partial charge in [0.15, 0.2) is 0 Å². The summed E-state index contributed by atoms with van der Waals surface area (Å²) in [5.41, 5.74) is 7.08. The minimum Gasteiger partial charge on any atom is -0.390 e. The number of nitrogens with two attached hydrogens (primary N) is 1. The van der Waals surface area contributed by atoms with Gasteiger partial charge in [-0.05, 0) is 12.0 Å². The molecule has 1 aromatic heterocycles. The lowest BCUT2D eigenvalue weighted by molar-refractivity contribution is 0.120. The molecule has 5 heteroatoms. The molecule has 0 unspecified atom stereocenters. The first-order valence-electron chi connectivity index (χ1n) is 5.55. The van der Waals surface area contributed by atoms with E-state index in [4.69, 9.17) is 5.73 Å². The van der Waals surface area contributed by atoms with Crippen LogP contribution in [0, 0.1) is 0 Å². The monoisotopic (exact) mass is 232 g/mol. The molecule has 0 saturated carbocycles. The normalized spacial score (nSPS) is 14.5. The van der Waals surface area contributed by atoms with Crippen LogP contribution >= 0.6 is 0 Å². The zero-order valence-corrected chi connectivity index (χ0v) is 9.48. The maximum atomic E-state index is 9.94. The third-order valence-electron chi connectivity index (χ3n) is 2.65. The Labute approximate surface area is 99.9 Å². The quantitative estimate of drug-likeness (QED) is 0.772. The number of rotatable bonds is 5. The van der Waals surface area contributed by atoms with Crippen molar-refractivity contribution < 1.29 is 5.11 Å². The molecule has 2 aromatic rings. The lowest BCUT2D eigenvalue weighted by Crippen LogP contribution is -2.39. The third kappa shape index (κ3) is 3.37. The Balaban J connectivity index is 1.89. The van der Waals surface area contributed by atoms with Gasteiger partial charge >= 0.3 is 0 Å². The molecule has 3 N–H and O–H groups in total. The van der Waals surface area contributed by atoms with Gasteiger partial charge in [0.05, 0.1) is 12.6 Å². The summed E-state index contributed by atoms with van der Waals surface area (Å²) in [5.74, 6) is 0. The summed E-state index contributed by atoms with van der Waals surface area (Å²) in [4.78, 5) is 3.82. The number of hydrogen-bond acceptors (Lipinski definition) is 4. The maximum absolute atomic E-state index is 9.94. The summed E-state index contributed by atoms with van der Waals surface area (Å²) in [6.07, 6.45) is 3.03. The predicted octanol–water partition coefficient (Wildman–Crippen LogP) is 0.209. The topological polar surface area (TPSA) is 77.0 Å². The van der Waals surface area contributed by atoms with Gasteiger partial charge in [0, 0.05) is 6.04 Å². The minimum atomic E-state index is -0.628. The van der Waals surface area contributed by atoms with E-state index in [9.17, 15) is 5.11 Å². The van der Waals surface area contributed by atoms with Gasteiger partial charge < -0.3 is 10.8 Å².